The zero-order chi connectivity index (χ0) is 65.1. The van der Waals surface area contributed by atoms with E-state index in [-0.39, 0.29) is 52.8 Å². The maximum atomic E-state index is 13.1. The van der Waals surface area contributed by atoms with E-state index in [0.717, 1.165) is 42.3 Å². The monoisotopic (exact) mass is 1330 g/mol. The lowest BCUT2D eigenvalue weighted by molar-refractivity contribution is -0.0501. The molecule has 0 radical (unpaired) electrons. The van der Waals surface area contributed by atoms with Crippen LogP contribution in [0.5, 0.6) is 51.7 Å². The van der Waals surface area contributed by atoms with Crippen molar-refractivity contribution in [1.29, 1.82) is 0 Å². The van der Waals surface area contributed by atoms with Crippen LogP contribution in [-0.2, 0) is 32.4 Å². The summed E-state index contributed by atoms with van der Waals surface area (Å²) in [5.41, 5.74) is -1.02. The number of carbonyl (C=O) groups excluding carboxylic acids is 2. The Bertz CT molecular complexity index is 4000. The Hall–Kier alpha value is -8.58. The zero-order valence-electron chi connectivity index (χ0n) is 51.7. The molecule has 6 aliphatic heterocycles. The minimum Gasteiger partial charge on any atom is -0.497 e. The van der Waals surface area contributed by atoms with E-state index in [4.69, 9.17) is 47.4 Å². The van der Waals surface area contributed by atoms with E-state index in [1.807, 2.05) is 36.2 Å². The normalized spacial score (nSPS) is 18.4. The molecule has 17 nitrogen and oxygen atoms in total. The quantitative estimate of drug-likeness (QED) is 0.0386. The Labute approximate surface area is 539 Å². The summed E-state index contributed by atoms with van der Waals surface area (Å²) in [6.45, 7) is 1.56. The van der Waals surface area contributed by atoms with Crippen molar-refractivity contribution in [2.45, 2.75) is 49.1 Å². The van der Waals surface area contributed by atoms with Gasteiger partial charge in [0.1, 0.15) is 23.5 Å². The minimum atomic E-state index is -6.10. The van der Waals surface area contributed by atoms with Gasteiger partial charge in [0.15, 0.2) is 34.5 Å². The highest BCUT2D eigenvalue weighted by atomic mass is 32.2. The molecule has 0 saturated carbocycles. The van der Waals surface area contributed by atoms with Crippen molar-refractivity contribution in [3.8, 4) is 51.7 Å². The number of methoxy groups -OCH3 is 4. The molecule has 0 aliphatic carbocycles. The van der Waals surface area contributed by atoms with Crippen molar-refractivity contribution in [2.24, 2.45) is 0 Å². The first-order chi connectivity index (χ1) is 45.0. The topological polar surface area (TPSA) is 176 Å². The molecule has 6 heterocycles. The lowest BCUT2D eigenvalue weighted by atomic mass is 9.85. The smallest absolute Gasteiger partial charge is 0.497 e. The van der Waals surface area contributed by atoms with E-state index >= 15 is 0 Å². The third-order valence-electron chi connectivity index (χ3n) is 17.1. The van der Waals surface area contributed by atoms with Crippen LogP contribution in [-0.4, -0.2) is 117 Å². The van der Waals surface area contributed by atoms with Crippen LogP contribution in [0.1, 0.15) is 84.8 Å². The Morgan fingerprint density at radius 2 is 0.968 bits per heavy atom. The molecule has 0 aromatic heterocycles. The highest BCUT2D eigenvalue weighted by Gasteiger charge is 2.52. The fraction of sp³-hybridized carbons (Fsp3) is 0.286. The molecule has 4 atom stereocenters. The summed E-state index contributed by atoms with van der Waals surface area (Å²) in [6.07, 6.45) is 3.71. The van der Waals surface area contributed by atoms with E-state index in [9.17, 15) is 31.2 Å². The molecular formula is C70H67F3N2O15P2S. The highest BCUT2D eigenvalue weighted by molar-refractivity contribution is 7.88. The first-order valence-electron chi connectivity index (χ1n) is 30.0. The molecule has 6 aliphatic rings. The van der Waals surface area contributed by atoms with Gasteiger partial charge in [0.25, 0.3) is 0 Å². The van der Waals surface area contributed by atoms with E-state index in [0.29, 0.717) is 64.3 Å². The van der Waals surface area contributed by atoms with Crippen molar-refractivity contribution in [3.63, 3.8) is 0 Å². The van der Waals surface area contributed by atoms with Crippen LogP contribution >= 0.6 is 15.8 Å². The van der Waals surface area contributed by atoms with Gasteiger partial charge in [-0.05, 0) is 124 Å². The first-order valence-corrected chi connectivity index (χ1v) is 34.4. The number of alkyl halides is 3. The van der Waals surface area contributed by atoms with Crippen molar-refractivity contribution in [3.05, 3.63) is 208 Å². The number of esters is 2. The van der Waals surface area contributed by atoms with Crippen molar-refractivity contribution in [1.82, 2.24) is 9.80 Å². The van der Waals surface area contributed by atoms with Crippen LogP contribution in [0.2, 0.25) is 0 Å². The van der Waals surface area contributed by atoms with Crippen LogP contribution in [0.25, 0.3) is 0 Å². The van der Waals surface area contributed by atoms with Gasteiger partial charge in [-0.3, -0.25) is 9.80 Å². The second-order valence-electron chi connectivity index (χ2n) is 22.4. The van der Waals surface area contributed by atoms with Gasteiger partial charge >= 0.3 is 27.6 Å². The van der Waals surface area contributed by atoms with Gasteiger partial charge in [-0.25, -0.2) is 9.59 Å². The van der Waals surface area contributed by atoms with Gasteiger partial charge in [-0.2, -0.15) is 21.6 Å². The van der Waals surface area contributed by atoms with E-state index in [2.05, 4.69) is 130 Å². The Kier molecular flexibility index (Phi) is 19.1. The molecule has 23 heteroatoms. The summed E-state index contributed by atoms with van der Waals surface area (Å²) in [5.74, 6) is 1.22. The summed E-state index contributed by atoms with van der Waals surface area (Å²) in [5, 5.41) is 5.94. The second kappa shape index (κ2) is 27.5. The van der Waals surface area contributed by atoms with Gasteiger partial charge in [-0.15, -0.1) is 0 Å². The number of cyclic esters (lactones) is 2. The summed E-state index contributed by atoms with van der Waals surface area (Å²) in [7, 11) is 2.88. The second-order valence-corrected chi connectivity index (χ2v) is 28.6. The fourth-order valence-corrected chi connectivity index (χ4v) is 18.2. The molecule has 0 fully saturated rings. The zero-order valence-corrected chi connectivity index (χ0v) is 54.3. The van der Waals surface area contributed by atoms with Crippen LogP contribution < -0.4 is 63.3 Å². The molecule has 0 unspecified atom stereocenters. The predicted molar refractivity (Wildman–Crippen MR) is 347 cm³/mol. The molecule has 0 spiro atoms. The number of hydrogen-bond acceptors (Lipinski definition) is 17. The summed E-state index contributed by atoms with van der Waals surface area (Å²) >= 11 is 0. The van der Waals surface area contributed by atoms with Crippen LogP contribution in [0, 0.1) is 0 Å². The minimum absolute atomic E-state index is 0.00448. The van der Waals surface area contributed by atoms with E-state index in [1.165, 1.54) is 59.2 Å². The third kappa shape index (κ3) is 12.9. The number of nitrogens with zero attached hydrogens (tertiary/aromatic N) is 2. The number of fused-ring (bicyclic) bond motifs is 6. The Morgan fingerprint density at radius 1 is 0.527 bits per heavy atom. The average Bonchev–Trinajstić information content (AvgIpc) is 1.68. The number of rotatable bonds is 16. The third-order valence-corrected chi connectivity index (χ3v) is 23.3. The van der Waals surface area contributed by atoms with Crippen LogP contribution in [0.3, 0.4) is 0 Å². The lowest BCUT2D eigenvalue weighted by Crippen LogP contribution is -2.36. The molecule has 8 aromatic rings. The van der Waals surface area contributed by atoms with Gasteiger partial charge in [0.2, 0.25) is 25.1 Å². The highest BCUT2D eigenvalue weighted by Crippen LogP contribution is 2.57. The molecule has 0 saturated heterocycles. The summed E-state index contributed by atoms with van der Waals surface area (Å²) in [4.78, 5) is 29.6. The molecule has 0 bridgehead atoms. The van der Waals surface area contributed by atoms with Gasteiger partial charge < -0.3 is 51.6 Å². The predicted octanol–water partition coefficient (Wildman–Crippen LogP) is 11.6. The first kappa shape index (κ1) is 64.5. The SMILES string of the molecule is COc1ccc2c(c1)C(=O)O[C@@H]2[C@H]1c2c(cc3c(c2OC)OCO3)CCN1C.COc1ccc2c(c1OS(=O)(=O)C(F)(F)F)C(=O)O[C@@H]2[C@H]1c2c(cc3c(c2OC)OCO3)CCN1C.c1ccc(P(CCCP(c2ccccc2)c2ccccc2)c2ccccc2)cc1. The standard InChI is InChI=1S/C27H26P2.C22H20F3NO9S.C21H21NO6/c1-5-14-24(15-6-1)28(25-16-7-2-8-17-25)22-13-23-29(26-18-9-3-10-19-26)27-20-11-4-12-21-27;1-26-7-6-10-8-13-19(33-9-32-13)20(31-3)14(10)16(26)17-11-4-5-12(30-2)18(15(11)21(27)34-17)35-36(28,29)22(23,24)25;1-22-7-6-11-8-15-19(27-10-26-15)20(25-3)16(11)17(22)18-13-5-4-12(24-2)9-14(13)21(23)28-18/h1-12,14-21H,13,22-23H2;4-5,8,16-17H,6-7,9H2,1-3H3;4-5,8-9,17-18H,6-7,10H2,1-3H3/t;16-,17+;17-,18+/m.11/s1. The maximum Gasteiger partial charge on any atom is 0.534 e. The fourth-order valence-electron chi connectivity index (χ4n) is 12.8. The summed E-state index contributed by atoms with van der Waals surface area (Å²) < 4.78 is 123. The molecular weight excluding hydrogens is 1260 g/mol. The Balaban J connectivity index is 0.000000136. The molecule has 14 rings (SSSR count). The molecule has 484 valence electrons. The van der Waals surface area contributed by atoms with Crippen LogP contribution in [0.4, 0.5) is 13.2 Å². The average molecular weight is 1330 g/mol. The number of ether oxygens (including phenoxy) is 10. The number of likely N-dealkylation sites (N-methyl/N-ethyl adjacent to an activating group) is 2. The number of benzene rings is 8. The molecule has 0 amide bonds. The molecule has 93 heavy (non-hydrogen) atoms. The van der Waals surface area contributed by atoms with Crippen molar-refractivity contribution < 1.29 is 82.7 Å². The van der Waals surface area contributed by atoms with Gasteiger partial charge in [-0.1, -0.05) is 133 Å². The van der Waals surface area contributed by atoms with Crippen molar-refractivity contribution in [2.75, 3.05) is 81.5 Å². The summed E-state index contributed by atoms with van der Waals surface area (Å²) in [6, 6.07) is 55.4. The molecule has 8 aromatic carbocycles. The van der Waals surface area contributed by atoms with E-state index in [1.54, 1.807) is 27.3 Å². The van der Waals surface area contributed by atoms with Crippen molar-refractivity contribution >= 4 is 59.1 Å². The maximum absolute atomic E-state index is 13.1. The van der Waals surface area contributed by atoms with Crippen LogP contribution in [0.15, 0.2) is 164 Å². The van der Waals surface area contributed by atoms with Gasteiger partial charge in [0, 0.05) is 35.3 Å². The number of carbonyl (C=O) groups is 2. The number of hydrogen-bond donors (Lipinski definition) is 0. The Morgan fingerprint density at radius 3 is 1.40 bits per heavy atom. The van der Waals surface area contributed by atoms with E-state index < -0.39 is 51.2 Å². The largest absolute Gasteiger partial charge is 0.534 e. The number of halogens is 3. The molecule has 0 N–H and O–H groups in total. The lowest BCUT2D eigenvalue weighted by Gasteiger charge is -2.38. The van der Waals surface area contributed by atoms with Gasteiger partial charge in [0.05, 0.1) is 46.1 Å².